The molecule has 0 radical (unpaired) electrons. The van der Waals surface area contributed by atoms with Gasteiger partial charge in [0.1, 0.15) is 16.4 Å². The van der Waals surface area contributed by atoms with E-state index in [-0.39, 0.29) is 47.5 Å². The first kappa shape index (κ1) is 19.8. The van der Waals surface area contributed by atoms with Crippen LogP contribution in [-0.2, 0) is 26.2 Å². The molecule has 1 aliphatic rings. The van der Waals surface area contributed by atoms with Crippen LogP contribution in [0.3, 0.4) is 0 Å². The Morgan fingerprint density at radius 2 is 1.61 bits per heavy atom. The molecular formula is C19H20N2O6S. The minimum atomic E-state index is -3.96. The number of nitrogens with zero attached hydrogens (tertiary/aromatic N) is 1. The van der Waals surface area contributed by atoms with Gasteiger partial charge in [-0.25, -0.2) is 13.1 Å². The standard InChI is InChI=1S/C19H20N2O6S/c1-26-15-6-3-13(4-7-15)12-20-28(24,25)17-11-14(5-8-16(17)27-2)21-18(22)9-10-19(21)23/h3-8,11,20H,9-10,12H2,1-2H3. The molecule has 2 aromatic carbocycles. The number of carbonyl (C=O) groups excluding carboxylic acids is 2. The Kier molecular flexibility index (Phi) is 5.66. The zero-order valence-corrected chi connectivity index (χ0v) is 16.3. The van der Waals surface area contributed by atoms with Crippen LogP contribution in [0.25, 0.3) is 0 Å². The third kappa shape index (κ3) is 4.00. The van der Waals surface area contributed by atoms with Crippen LogP contribution >= 0.6 is 0 Å². The van der Waals surface area contributed by atoms with Crippen LogP contribution in [0, 0.1) is 0 Å². The van der Waals surface area contributed by atoms with Crippen LogP contribution < -0.4 is 19.1 Å². The normalized spacial score (nSPS) is 14.4. The molecule has 1 aliphatic heterocycles. The first-order valence-corrected chi connectivity index (χ1v) is 10.0. The monoisotopic (exact) mass is 404 g/mol. The van der Waals surface area contributed by atoms with Crippen molar-refractivity contribution in [1.82, 2.24) is 4.72 Å². The molecule has 1 heterocycles. The van der Waals surface area contributed by atoms with Crippen molar-refractivity contribution in [2.45, 2.75) is 24.3 Å². The van der Waals surface area contributed by atoms with Gasteiger partial charge in [0.2, 0.25) is 21.8 Å². The number of hydrogen-bond acceptors (Lipinski definition) is 6. The van der Waals surface area contributed by atoms with Gasteiger partial charge in [-0.1, -0.05) is 12.1 Å². The Balaban J connectivity index is 1.87. The molecule has 2 amide bonds. The second kappa shape index (κ2) is 7.99. The molecule has 9 heteroatoms. The summed E-state index contributed by atoms with van der Waals surface area (Å²) in [7, 11) is -1.06. The van der Waals surface area contributed by atoms with E-state index in [1.54, 1.807) is 31.4 Å². The van der Waals surface area contributed by atoms with Crippen molar-refractivity contribution < 1.29 is 27.5 Å². The summed E-state index contributed by atoms with van der Waals surface area (Å²) in [5.74, 6) is 0.0698. The molecule has 8 nitrogen and oxygen atoms in total. The van der Waals surface area contributed by atoms with E-state index >= 15 is 0 Å². The second-order valence-electron chi connectivity index (χ2n) is 6.13. The first-order chi connectivity index (χ1) is 13.4. The predicted octanol–water partition coefficient (Wildman–Crippen LogP) is 1.84. The molecule has 0 aromatic heterocycles. The second-order valence-corrected chi connectivity index (χ2v) is 7.87. The lowest BCUT2D eigenvalue weighted by Crippen LogP contribution is -2.29. The van der Waals surface area contributed by atoms with Crippen LogP contribution in [0.1, 0.15) is 18.4 Å². The smallest absolute Gasteiger partial charge is 0.244 e. The third-order valence-electron chi connectivity index (χ3n) is 4.37. The maximum atomic E-state index is 12.8. The summed E-state index contributed by atoms with van der Waals surface area (Å²) in [6.45, 7) is 0.0568. The number of imide groups is 1. The number of sulfonamides is 1. The summed E-state index contributed by atoms with van der Waals surface area (Å²) in [6.07, 6.45) is 0.228. The van der Waals surface area contributed by atoms with Gasteiger partial charge in [0.25, 0.3) is 0 Å². The minimum absolute atomic E-state index is 0.0568. The van der Waals surface area contributed by atoms with Crippen LogP contribution in [-0.4, -0.2) is 34.5 Å². The maximum absolute atomic E-state index is 12.8. The van der Waals surface area contributed by atoms with Gasteiger partial charge < -0.3 is 9.47 Å². The molecule has 0 spiro atoms. The summed E-state index contributed by atoms with van der Waals surface area (Å²) in [5, 5.41) is 0. The highest BCUT2D eigenvalue weighted by molar-refractivity contribution is 7.89. The van der Waals surface area contributed by atoms with Gasteiger partial charge >= 0.3 is 0 Å². The molecule has 28 heavy (non-hydrogen) atoms. The van der Waals surface area contributed by atoms with E-state index in [9.17, 15) is 18.0 Å². The summed E-state index contributed by atoms with van der Waals surface area (Å²) in [4.78, 5) is 24.8. The molecule has 3 rings (SSSR count). The van der Waals surface area contributed by atoms with E-state index in [0.29, 0.717) is 5.75 Å². The molecule has 1 fully saturated rings. The summed E-state index contributed by atoms with van der Waals surface area (Å²) < 4.78 is 38.4. The zero-order chi connectivity index (χ0) is 20.3. The highest BCUT2D eigenvalue weighted by Crippen LogP contribution is 2.31. The third-order valence-corrected chi connectivity index (χ3v) is 5.79. The van der Waals surface area contributed by atoms with Gasteiger partial charge in [-0.3, -0.25) is 14.5 Å². The highest BCUT2D eigenvalue weighted by Gasteiger charge is 2.32. The Morgan fingerprint density at radius 3 is 2.18 bits per heavy atom. The number of benzene rings is 2. The van der Waals surface area contributed by atoms with Gasteiger partial charge in [0.15, 0.2) is 0 Å². The minimum Gasteiger partial charge on any atom is -0.497 e. The van der Waals surface area contributed by atoms with Crippen molar-refractivity contribution in [2.75, 3.05) is 19.1 Å². The highest BCUT2D eigenvalue weighted by atomic mass is 32.2. The fourth-order valence-electron chi connectivity index (χ4n) is 2.88. The van der Waals surface area contributed by atoms with Crippen molar-refractivity contribution >= 4 is 27.5 Å². The molecule has 0 bridgehead atoms. The topological polar surface area (TPSA) is 102 Å². The van der Waals surface area contributed by atoms with E-state index < -0.39 is 10.0 Å². The average Bonchev–Trinajstić information content (AvgIpc) is 3.04. The van der Waals surface area contributed by atoms with E-state index in [0.717, 1.165) is 10.5 Å². The van der Waals surface area contributed by atoms with E-state index in [1.165, 1.54) is 25.3 Å². The number of amides is 2. The van der Waals surface area contributed by atoms with Crippen molar-refractivity contribution in [3.05, 3.63) is 48.0 Å². The Bertz CT molecular complexity index is 986. The molecule has 0 aliphatic carbocycles. The first-order valence-electron chi connectivity index (χ1n) is 8.52. The van der Waals surface area contributed by atoms with Crippen molar-refractivity contribution in [1.29, 1.82) is 0 Å². The predicted molar refractivity (Wildman–Crippen MR) is 102 cm³/mol. The number of anilines is 1. The molecule has 1 N–H and O–H groups in total. The van der Waals surface area contributed by atoms with Crippen LogP contribution in [0.5, 0.6) is 11.5 Å². The Hall–Kier alpha value is -2.91. The molecule has 2 aromatic rings. The quantitative estimate of drug-likeness (QED) is 0.707. The van der Waals surface area contributed by atoms with Gasteiger partial charge in [-0.15, -0.1) is 0 Å². The van der Waals surface area contributed by atoms with E-state index in [1.807, 2.05) is 0 Å². The molecule has 0 saturated carbocycles. The lowest BCUT2D eigenvalue weighted by atomic mass is 10.2. The van der Waals surface area contributed by atoms with Crippen molar-refractivity contribution in [3.63, 3.8) is 0 Å². The van der Waals surface area contributed by atoms with Gasteiger partial charge in [-0.05, 0) is 35.9 Å². The Morgan fingerprint density at radius 1 is 0.964 bits per heavy atom. The SMILES string of the molecule is COc1ccc(CNS(=O)(=O)c2cc(N3C(=O)CCC3=O)ccc2OC)cc1. The molecular weight excluding hydrogens is 384 g/mol. The summed E-state index contributed by atoms with van der Waals surface area (Å²) in [6, 6.07) is 11.1. The van der Waals surface area contributed by atoms with Crippen LogP contribution in [0.15, 0.2) is 47.4 Å². The van der Waals surface area contributed by atoms with Crippen molar-refractivity contribution in [2.24, 2.45) is 0 Å². The van der Waals surface area contributed by atoms with Gasteiger partial charge in [0, 0.05) is 19.4 Å². The number of nitrogens with one attached hydrogen (secondary N) is 1. The molecule has 0 unspecified atom stereocenters. The van der Waals surface area contributed by atoms with Crippen LogP contribution in [0.4, 0.5) is 5.69 Å². The lowest BCUT2D eigenvalue weighted by molar-refractivity contribution is -0.121. The van der Waals surface area contributed by atoms with Gasteiger partial charge in [-0.2, -0.15) is 0 Å². The van der Waals surface area contributed by atoms with Gasteiger partial charge in [0.05, 0.1) is 19.9 Å². The Labute approximate surface area is 163 Å². The number of hydrogen-bond donors (Lipinski definition) is 1. The summed E-state index contributed by atoms with van der Waals surface area (Å²) >= 11 is 0. The average molecular weight is 404 g/mol. The van der Waals surface area contributed by atoms with E-state index in [4.69, 9.17) is 9.47 Å². The molecule has 1 saturated heterocycles. The fraction of sp³-hybridized carbons (Fsp3) is 0.263. The zero-order valence-electron chi connectivity index (χ0n) is 15.5. The fourth-order valence-corrected chi connectivity index (χ4v) is 4.08. The molecule has 0 atom stereocenters. The maximum Gasteiger partial charge on any atom is 0.244 e. The molecule has 148 valence electrons. The summed E-state index contributed by atoms with van der Waals surface area (Å²) in [5.41, 5.74) is 0.947. The largest absolute Gasteiger partial charge is 0.497 e. The lowest BCUT2D eigenvalue weighted by Gasteiger charge is -2.17. The number of rotatable bonds is 7. The number of ether oxygens (including phenoxy) is 2. The number of methoxy groups -OCH3 is 2. The van der Waals surface area contributed by atoms with E-state index in [2.05, 4.69) is 4.72 Å². The number of carbonyl (C=O) groups is 2. The van der Waals surface area contributed by atoms with Crippen LogP contribution in [0.2, 0.25) is 0 Å². The van der Waals surface area contributed by atoms with Crippen molar-refractivity contribution in [3.8, 4) is 11.5 Å².